The van der Waals surface area contributed by atoms with Gasteiger partial charge in [-0.1, -0.05) is 18.2 Å². The first-order valence-electron chi connectivity index (χ1n) is 10.8. The quantitative estimate of drug-likeness (QED) is 0.516. The average molecular weight is 447 g/mol. The summed E-state index contributed by atoms with van der Waals surface area (Å²) in [6, 6.07) is 13.2. The van der Waals surface area contributed by atoms with E-state index >= 15 is 0 Å². The molecule has 1 aromatic heterocycles. The van der Waals surface area contributed by atoms with Gasteiger partial charge in [0.15, 0.2) is 0 Å². The third-order valence-electron chi connectivity index (χ3n) is 5.94. The third-order valence-corrected chi connectivity index (χ3v) is 5.94. The van der Waals surface area contributed by atoms with E-state index in [1.807, 2.05) is 19.1 Å². The highest BCUT2D eigenvalue weighted by atomic mass is 16.3. The molecule has 0 radical (unpaired) electrons. The fourth-order valence-electron chi connectivity index (χ4n) is 4.17. The zero-order valence-corrected chi connectivity index (χ0v) is 18.2. The molecule has 170 valence electrons. The maximum Gasteiger partial charge on any atom is 0.251 e. The average Bonchev–Trinajstić information content (AvgIpc) is 3.46. The largest absolute Gasteiger partial charge is 0.464 e. The molecule has 2 aromatic carbocycles. The second kappa shape index (κ2) is 9.68. The van der Waals surface area contributed by atoms with Crippen molar-refractivity contribution in [2.24, 2.45) is 5.92 Å². The van der Waals surface area contributed by atoms with Gasteiger partial charge in [-0.3, -0.25) is 14.4 Å². The number of aryl methyl sites for hydroxylation is 1. The van der Waals surface area contributed by atoms with Crippen LogP contribution in [0.15, 0.2) is 59.2 Å². The number of hydrogen-bond donors (Lipinski definition) is 2. The Hall–Kier alpha value is -3.94. The van der Waals surface area contributed by atoms with Gasteiger partial charge < -0.3 is 24.7 Å². The predicted molar refractivity (Wildman–Crippen MR) is 123 cm³/mol. The van der Waals surface area contributed by atoms with E-state index in [4.69, 9.17) is 4.42 Å². The fourth-order valence-corrected chi connectivity index (χ4v) is 4.17. The van der Waals surface area contributed by atoms with Crippen LogP contribution in [0.5, 0.6) is 0 Å². The van der Waals surface area contributed by atoms with Gasteiger partial charge in [-0.15, -0.1) is 0 Å². The number of amides is 3. The van der Waals surface area contributed by atoms with Gasteiger partial charge in [0, 0.05) is 29.1 Å². The second-order valence-corrected chi connectivity index (χ2v) is 8.12. The number of carbonyl (C=O) groups is 4. The number of hydrogen-bond acceptors (Lipinski definition) is 5. The first kappa shape index (κ1) is 22.3. The minimum absolute atomic E-state index is 0.109. The van der Waals surface area contributed by atoms with E-state index in [1.54, 1.807) is 42.7 Å². The van der Waals surface area contributed by atoms with Crippen LogP contribution in [0.1, 0.15) is 28.8 Å². The summed E-state index contributed by atoms with van der Waals surface area (Å²) in [6.45, 7) is 2.11. The molecule has 1 saturated heterocycles. The van der Waals surface area contributed by atoms with Crippen molar-refractivity contribution in [3.63, 3.8) is 0 Å². The number of aldehydes is 1. The van der Waals surface area contributed by atoms with Crippen LogP contribution in [0.4, 0.5) is 5.69 Å². The summed E-state index contributed by atoms with van der Waals surface area (Å²) in [7, 11) is 0. The van der Waals surface area contributed by atoms with Crippen molar-refractivity contribution in [1.82, 2.24) is 10.6 Å². The van der Waals surface area contributed by atoms with Crippen molar-refractivity contribution in [2.75, 3.05) is 18.0 Å². The van der Waals surface area contributed by atoms with E-state index in [0.29, 0.717) is 36.1 Å². The normalized spacial score (nSPS) is 16.3. The lowest BCUT2D eigenvalue weighted by atomic mass is 9.97. The summed E-state index contributed by atoms with van der Waals surface area (Å²) in [5.74, 6) is -1.29. The summed E-state index contributed by atoms with van der Waals surface area (Å²) in [4.78, 5) is 51.5. The molecule has 0 aliphatic carbocycles. The molecule has 0 saturated carbocycles. The lowest BCUT2D eigenvalue weighted by molar-refractivity contribution is -0.124. The molecule has 2 atom stereocenters. The van der Waals surface area contributed by atoms with Crippen molar-refractivity contribution in [3.8, 4) is 0 Å². The Morgan fingerprint density at radius 2 is 2.06 bits per heavy atom. The van der Waals surface area contributed by atoms with Crippen LogP contribution in [0.2, 0.25) is 0 Å². The van der Waals surface area contributed by atoms with Crippen LogP contribution >= 0.6 is 0 Å². The number of nitrogens with zero attached hydrogens (tertiary/aromatic N) is 1. The smallest absolute Gasteiger partial charge is 0.251 e. The fraction of sp³-hybridized carbons (Fsp3) is 0.280. The molecule has 2 N–H and O–H groups in total. The molecule has 8 heteroatoms. The molecule has 2 heterocycles. The van der Waals surface area contributed by atoms with Gasteiger partial charge in [-0.05, 0) is 55.7 Å². The first-order chi connectivity index (χ1) is 16.0. The monoisotopic (exact) mass is 447 g/mol. The molecule has 3 aromatic rings. The van der Waals surface area contributed by atoms with Gasteiger partial charge in [0.05, 0.1) is 18.8 Å². The molecule has 4 rings (SSSR count). The van der Waals surface area contributed by atoms with E-state index in [-0.39, 0.29) is 24.8 Å². The number of furan rings is 1. The first-order valence-corrected chi connectivity index (χ1v) is 10.8. The molecule has 1 fully saturated rings. The van der Waals surface area contributed by atoms with Crippen molar-refractivity contribution in [3.05, 3.63) is 65.9 Å². The van der Waals surface area contributed by atoms with E-state index in [9.17, 15) is 19.2 Å². The highest BCUT2D eigenvalue weighted by Crippen LogP contribution is 2.26. The van der Waals surface area contributed by atoms with E-state index in [1.165, 1.54) is 4.90 Å². The van der Waals surface area contributed by atoms with Crippen molar-refractivity contribution in [1.29, 1.82) is 0 Å². The van der Waals surface area contributed by atoms with Crippen LogP contribution in [-0.4, -0.2) is 43.1 Å². The number of benzene rings is 2. The Bertz CT molecular complexity index is 1200. The number of nitrogens with one attached hydrogen (secondary N) is 2. The summed E-state index contributed by atoms with van der Waals surface area (Å²) < 4.78 is 5.29. The zero-order valence-electron chi connectivity index (χ0n) is 18.2. The van der Waals surface area contributed by atoms with E-state index < -0.39 is 17.9 Å². The molecule has 1 aliphatic rings. The van der Waals surface area contributed by atoms with Crippen molar-refractivity contribution in [2.45, 2.75) is 25.8 Å². The number of para-hydroxylation sites is 1. The molecule has 33 heavy (non-hydrogen) atoms. The minimum Gasteiger partial charge on any atom is -0.464 e. The Balaban J connectivity index is 1.53. The Kier molecular flexibility index (Phi) is 6.53. The van der Waals surface area contributed by atoms with E-state index in [2.05, 4.69) is 10.6 Å². The van der Waals surface area contributed by atoms with Gasteiger partial charge in [-0.2, -0.15) is 0 Å². The minimum atomic E-state index is -0.827. The van der Waals surface area contributed by atoms with Gasteiger partial charge in [0.1, 0.15) is 11.9 Å². The van der Waals surface area contributed by atoms with Gasteiger partial charge in [-0.25, -0.2) is 0 Å². The molecular formula is C25H25N3O5. The molecule has 8 nitrogen and oxygen atoms in total. The lowest BCUT2D eigenvalue weighted by Gasteiger charge is -2.31. The SMILES string of the molecule is Cc1ccccc1N(C(=O)CNC(=O)c1ccc2occc2c1)[C@H](C=O)C[C@@H]1CCNC1=O. The molecule has 1 aliphatic heterocycles. The number of fused-ring (bicyclic) bond motifs is 1. The summed E-state index contributed by atoms with van der Waals surface area (Å²) in [6.07, 6.45) is 3.08. The Labute approximate surface area is 190 Å². The summed E-state index contributed by atoms with van der Waals surface area (Å²) >= 11 is 0. The molecule has 0 spiro atoms. The zero-order chi connectivity index (χ0) is 23.4. The number of carbonyl (C=O) groups excluding carboxylic acids is 4. The summed E-state index contributed by atoms with van der Waals surface area (Å²) in [5.41, 5.74) is 2.45. The topological polar surface area (TPSA) is 109 Å². The number of rotatable bonds is 8. The Morgan fingerprint density at radius 1 is 1.24 bits per heavy atom. The predicted octanol–water partition coefficient (Wildman–Crippen LogP) is 2.60. The molecule has 0 unspecified atom stereocenters. The van der Waals surface area contributed by atoms with Gasteiger partial charge in [0.25, 0.3) is 5.91 Å². The molecule has 0 bridgehead atoms. The third kappa shape index (κ3) is 4.79. The number of anilines is 1. The van der Waals surface area contributed by atoms with E-state index in [0.717, 1.165) is 10.9 Å². The lowest BCUT2D eigenvalue weighted by Crippen LogP contribution is -2.48. The maximum absolute atomic E-state index is 13.3. The van der Waals surface area contributed by atoms with Crippen LogP contribution in [0.3, 0.4) is 0 Å². The van der Waals surface area contributed by atoms with Crippen LogP contribution in [0, 0.1) is 12.8 Å². The summed E-state index contributed by atoms with van der Waals surface area (Å²) in [5, 5.41) is 6.20. The second-order valence-electron chi connectivity index (χ2n) is 8.12. The van der Waals surface area contributed by atoms with Crippen LogP contribution < -0.4 is 15.5 Å². The van der Waals surface area contributed by atoms with Crippen LogP contribution in [-0.2, 0) is 14.4 Å². The standard InChI is InChI=1S/C25H25N3O5/c1-16-4-2-3-5-21(16)28(20(15-29)13-19-8-10-26-24(19)31)23(30)14-27-25(32)18-6-7-22-17(12-18)9-11-33-22/h2-7,9,11-12,15,19-20H,8,10,13-14H2,1H3,(H,26,31)(H,27,32)/t19-,20-/m0/s1. The molecular weight excluding hydrogens is 422 g/mol. The van der Waals surface area contributed by atoms with Gasteiger partial charge in [0.2, 0.25) is 11.8 Å². The van der Waals surface area contributed by atoms with Crippen molar-refractivity contribution >= 4 is 40.7 Å². The molecule has 3 amide bonds. The highest BCUT2D eigenvalue weighted by Gasteiger charge is 2.33. The maximum atomic E-state index is 13.3. The Morgan fingerprint density at radius 3 is 2.79 bits per heavy atom. The highest BCUT2D eigenvalue weighted by molar-refractivity contribution is 6.03. The van der Waals surface area contributed by atoms with Crippen LogP contribution in [0.25, 0.3) is 11.0 Å². The van der Waals surface area contributed by atoms with Gasteiger partial charge >= 0.3 is 0 Å². The van der Waals surface area contributed by atoms with Crippen molar-refractivity contribution < 1.29 is 23.6 Å².